The Kier molecular flexibility index (Phi) is 11.4. The molecule has 0 aliphatic heterocycles. The molecule has 1 aromatic heterocycles. The van der Waals surface area contributed by atoms with Crippen LogP contribution in [0.15, 0.2) is 9.85 Å². The van der Waals surface area contributed by atoms with E-state index >= 15 is 0 Å². The number of nitrogens with zero attached hydrogens (tertiary/aromatic N) is 1. The summed E-state index contributed by atoms with van der Waals surface area (Å²) >= 11 is 13.3. The largest absolute Gasteiger partial charge is 0.381 e. The molecule has 1 rings (SSSR count). The molecule has 0 saturated heterocycles. The highest BCUT2D eigenvalue weighted by Gasteiger charge is 2.35. The van der Waals surface area contributed by atoms with Crippen LogP contribution in [0.25, 0.3) is 0 Å². The summed E-state index contributed by atoms with van der Waals surface area (Å²) in [7, 11) is -1.20. The van der Waals surface area contributed by atoms with Crippen molar-refractivity contribution in [1.29, 1.82) is 5.26 Å². The Morgan fingerprint density at radius 2 is 2.04 bits per heavy atom. The molecule has 0 fully saturated rings. The van der Waals surface area contributed by atoms with Crippen molar-refractivity contribution in [2.24, 2.45) is 0 Å². The van der Waals surface area contributed by atoms with Gasteiger partial charge in [0.25, 0.3) is 0 Å². The number of rotatable bonds is 12. The van der Waals surface area contributed by atoms with Crippen LogP contribution in [-0.2, 0) is 21.3 Å². The van der Waals surface area contributed by atoms with Gasteiger partial charge in [-0.05, 0) is 68.3 Å². The first-order valence-electron chi connectivity index (χ1n) is 8.77. The van der Waals surface area contributed by atoms with Crippen LogP contribution in [0.4, 0.5) is 0 Å². The van der Waals surface area contributed by atoms with E-state index in [1.54, 1.807) is 23.1 Å². The molecule has 154 valence electrons. The van der Waals surface area contributed by atoms with Crippen molar-refractivity contribution in [3.63, 3.8) is 0 Å². The first kappa shape index (κ1) is 25.4. The molecule has 0 amide bonds. The zero-order chi connectivity index (χ0) is 20.5. The maximum Gasteiger partial charge on any atom is 0.0979 e. The number of nitriles is 1. The average molecular weight is 516 g/mol. The van der Waals surface area contributed by atoms with E-state index in [2.05, 4.69) is 33.6 Å². The minimum Gasteiger partial charge on any atom is -0.381 e. The van der Waals surface area contributed by atoms with E-state index in [9.17, 15) is 4.21 Å². The molecular weight excluding hydrogens is 488 g/mol. The fourth-order valence-electron chi connectivity index (χ4n) is 2.11. The SMILES string of the molecule is CC(C)(C)[S@@](=O)N[C@@](C)(CSCCCOCCCC#N)c1sc(Br)cc1Cl. The number of thioether (sulfide) groups is 1. The topological polar surface area (TPSA) is 62.1 Å². The van der Waals surface area contributed by atoms with Crippen molar-refractivity contribution in [1.82, 2.24) is 4.72 Å². The maximum atomic E-state index is 12.7. The zero-order valence-corrected chi connectivity index (χ0v) is 21.1. The van der Waals surface area contributed by atoms with E-state index in [1.807, 2.05) is 26.8 Å². The Hall–Kier alpha value is 0.380. The molecule has 0 radical (unpaired) electrons. The van der Waals surface area contributed by atoms with Gasteiger partial charge in [-0.1, -0.05) is 11.6 Å². The van der Waals surface area contributed by atoms with Crippen molar-refractivity contribution in [2.75, 3.05) is 24.7 Å². The van der Waals surface area contributed by atoms with Gasteiger partial charge in [-0.25, -0.2) is 8.93 Å². The van der Waals surface area contributed by atoms with Gasteiger partial charge in [-0.2, -0.15) is 17.0 Å². The van der Waals surface area contributed by atoms with Crippen LogP contribution >= 0.6 is 50.6 Å². The molecule has 27 heavy (non-hydrogen) atoms. The van der Waals surface area contributed by atoms with Gasteiger partial charge in [0, 0.05) is 30.3 Å². The fraction of sp³-hybridized carbons (Fsp3) is 0.722. The molecule has 0 aromatic carbocycles. The van der Waals surface area contributed by atoms with Gasteiger partial charge in [-0.15, -0.1) is 11.3 Å². The van der Waals surface area contributed by atoms with E-state index in [0.717, 1.165) is 33.0 Å². The van der Waals surface area contributed by atoms with Crippen LogP contribution in [-0.4, -0.2) is 33.7 Å². The summed E-state index contributed by atoms with van der Waals surface area (Å²) in [5, 5.41) is 9.18. The fourth-order valence-corrected chi connectivity index (χ4v) is 6.56. The molecule has 0 aliphatic rings. The Morgan fingerprint density at radius 1 is 1.37 bits per heavy atom. The third-order valence-corrected chi connectivity index (χ3v) is 9.00. The molecule has 0 aliphatic carbocycles. The smallest absolute Gasteiger partial charge is 0.0979 e. The molecule has 0 saturated carbocycles. The number of unbranched alkanes of at least 4 members (excludes halogenated alkanes) is 1. The molecule has 1 heterocycles. The normalized spacial score (nSPS) is 15.3. The van der Waals surface area contributed by atoms with E-state index in [-0.39, 0.29) is 4.75 Å². The van der Waals surface area contributed by atoms with Gasteiger partial charge in [0.1, 0.15) is 0 Å². The summed E-state index contributed by atoms with van der Waals surface area (Å²) in [6.07, 6.45) is 2.27. The minimum absolute atomic E-state index is 0.357. The van der Waals surface area contributed by atoms with E-state index in [1.165, 1.54) is 0 Å². The molecule has 1 N–H and O–H groups in total. The van der Waals surface area contributed by atoms with Crippen LogP contribution in [0.2, 0.25) is 5.02 Å². The molecule has 4 nitrogen and oxygen atoms in total. The van der Waals surface area contributed by atoms with Crippen molar-refractivity contribution in [3.8, 4) is 6.07 Å². The van der Waals surface area contributed by atoms with Crippen molar-refractivity contribution in [2.45, 2.75) is 57.2 Å². The van der Waals surface area contributed by atoms with E-state index in [4.69, 9.17) is 21.6 Å². The molecule has 0 bridgehead atoms. The van der Waals surface area contributed by atoms with Crippen LogP contribution in [0.3, 0.4) is 0 Å². The Morgan fingerprint density at radius 3 is 2.59 bits per heavy atom. The summed E-state index contributed by atoms with van der Waals surface area (Å²) in [6, 6.07) is 4.00. The van der Waals surface area contributed by atoms with Crippen LogP contribution in [0, 0.1) is 11.3 Å². The second-order valence-corrected chi connectivity index (χ2v) is 13.2. The highest BCUT2D eigenvalue weighted by atomic mass is 79.9. The third kappa shape index (κ3) is 9.16. The number of halogens is 2. The van der Waals surface area contributed by atoms with E-state index in [0.29, 0.717) is 24.7 Å². The first-order valence-corrected chi connectivity index (χ1v) is 13.1. The minimum atomic E-state index is -1.20. The lowest BCUT2D eigenvalue weighted by molar-refractivity contribution is 0.134. The van der Waals surface area contributed by atoms with Gasteiger partial charge < -0.3 is 4.74 Å². The molecule has 2 atom stereocenters. The van der Waals surface area contributed by atoms with Crippen LogP contribution in [0.1, 0.15) is 51.8 Å². The first-order chi connectivity index (χ1) is 12.6. The van der Waals surface area contributed by atoms with Gasteiger partial charge >= 0.3 is 0 Å². The predicted octanol–water partition coefficient (Wildman–Crippen LogP) is 5.87. The maximum absolute atomic E-state index is 12.7. The Bertz CT molecular complexity index is 658. The predicted molar refractivity (Wildman–Crippen MR) is 123 cm³/mol. The summed E-state index contributed by atoms with van der Waals surface area (Å²) in [5.74, 6) is 1.71. The molecule has 0 spiro atoms. The lowest BCUT2D eigenvalue weighted by Gasteiger charge is -2.33. The summed E-state index contributed by atoms with van der Waals surface area (Å²) in [6.45, 7) is 9.27. The summed E-state index contributed by atoms with van der Waals surface area (Å²) in [5.41, 5.74) is -0.482. The average Bonchev–Trinajstić information content (AvgIpc) is 2.91. The van der Waals surface area contributed by atoms with Crippen molar-refractivity contribution in [3.05, 3.63) is 19.8 Å². The monoisotopic (exact) mass is 514 g/mol. The summed E-state index contributed by atoms with van der Waals surface area (Å²) < 4.78 is 22.2. The van der Waals surface area contributed by atoms with Gasteiger partial charge in [0.15, 0.2) is 0 Å². The van der Waals surface area contributed by atoms with Gasteiger partial charge in [0.2, 0.25) is 0 Å². The summed E-state index contributed by atoms with van der Waals surface area (Å²) in [4.78, 5) is 0.994. The Balaban J connectivity index is 2.62. The quantitative estimate of drug-likeness (QED) is 0.353. The van der Waals surface area contributed by atoms with Gasteiger partial charge in [0.05, 0.1) is 36.1 Å². The lowest BCUT2D eigenvalue weighted by atomic mass is 10.1. The number of ether oxygens (including phenoxy) is 1. The van der Waals surface area contributed by atoms with Gasteiger partial charge in [-0.3, -0.25) is 0 Å². The second kappa shape index (κ2) is 12.2. The van der Waals surface area contributed by atoms with Crippen molar-refractivity contribution < 1.29 is 8.95 Å². The standard InChI is InChI=1S/C18H28BrClN2O2S3/c1-17(2,3)27(23)22-18(4,16-14(20)12-15(19)26-16)13-25-11-7-10-24-9-6-5-8-21/h12,22H,5-7,9-11,13H2,1-4H3/t18-,27+/m0/s1. The Labute approximate surface area is 187 Å². The lowest BCUT2D eigenvalue weighted by Crippen LogP contribution is -2.47. The number of hydrogen-bond acceptors (Lipinski definition) is 5. The van der Waals surface area contributed by atoms with E-state index < -0.39 is 16.5 Å². The molecule has 1 aromatic rings. The molecular formula is C18H28BrClN2O2S3. The van der Waals surface area contributed by atoms with Crippen LogP contribution in [0.5, 0.6) is 0 Å². The number of nitrogens with one attached hydrogen (secondary N) is 1. The number of hydrogen-bond donors (Lipinski definition) is 1. The molecule has 9 heteroatoms. The zero-order valence-electron chi connectivity index (χ0n) is 16.3. The number of thiophene rings is 1. The highest BCUT2D eigenvalue weighted by molar-refractivity contribution is 9.11. The van der Waals surface area contributed by atoms with Crippen molar-refractivity contribution >= 4 is 61.6 Å². The molecule has 0 unspecified atom stereocenters. The second-order valence-electron chi connectivity index (χ2n) is 7.32. The third-order valence-electron chi connectivity index (χ3n) is 3.58. The highest BCUT2D eigenvalue weighted by Crippen LogP contribution is 2.40. The van der Waals surface area contributed by atoms with Crippen LogP contribution < -0.4 is 4.72 Å².